The van der Waals surface area contributed by atoms with Gasteiger partial charge in [0.05, 0.1) is 24.8 Å². The van der Waals surface area contributed by atoms with Crippen LogP contribution in [0, 0.1) is 11.3 Å². The SMILES string of the molecule is COc1ccc(C#N)cc1C1=CC2CCC(C1)N2C(=O)OCC1c2ccccc2-c2ccccc21. The number of carbonyl (C=O) groups excluding carboxylic acids is 1. The van der Waals surface area contributed by atoms with Gasteiger partial charge >= 0.3 is 6.09 Å². The van der Waals surface area contributed by atoms with Crippen LogP contribution in [0.3, 0.4) is 0 Å². The lowest BCUT2D eigenvalue weighted by Crippen LogP contribution is -2.43. The number of ether oxygens (including phenoxy) is 2. The van der Waals surface area contributed by atoms with E-state index < -0.39 is 0 Å². The highest BCUT2D eigenvalue weighted by Crippen LogP contribution is 2.45. The highest BCUT2D eigenvalue weighted by atomic mass is 16.6. The summed E-state index contributed by atoms with van der Waals surface area (Å²) in [6, 6.07) is 24.6. The minimum Gasteiger partial charge on any atom is -0.496 e. The molecule has 5 nitrogen and oxygen atoms in total. The third kappa shape index (κ3) is 3.57. The molecule has 0 aromatic heterocycles. The van der Waals surface area contributed by atoms with Crippen LogP contribution in [-0.4, -0.2) is 36.8 Å². The van der Waals surface area contributed by atoms with E-state index in [1.54, 1.807) is 13.2 Å². The highest BCUT2D eigenvalue weighted by molar-refractivity contribution is 5.80. The molecule has 5 heteroatoms. The second-order valence-electron chi connectivity index (χ2n) is 9.43. The van der Waals surface area contributed by atoms with Crippen molar-refractivity contribution in [2.24, 2.45) is 0 Å². The van der Waals surface area contributed by atoms with Crippen LogP contribution in [0.4, 0.5) is 4.79 Å². The molecule has 0 radical (unpaired) electrons. The molecule has 1 fully saturated rings. The van der Waals surface area contributed by atoms with E-state index in [1.165, 1.54) is 22.3 Å². The van der Waals surface area contributed by atoms with Crippen molar-refractivity contribution < 1.29 is 14.3 Å². The number of nitrogens with zero attached hydrogens (tertiary/aromatic N) is 2. The van der Waals surface area contributed by atoms with Crippen molar-refractivity contribution in [1.29, 1.82) is 5.26 Å². The van der Waals surface area contributed by atoms with Crippen molar-refractivity contribution in [3.05, 3.63) is 95.1 Å². The fourth-order valence-electron chi connectivity index (χ4n) is 6.01. The lowest BCUT2D eigenvalue weighted by molar-refractivity contribution is 0.0866. The fourth-order valence-corrected chi connectivity index (χ4v) is 6.01. The molecule has 2 bridgehead atoms. The van der Waals surface area contributed by atoms with Crippen molar-refractivity contribution >= 4 is 11.7 Å². The summed E-state index contributed by atoms with van der Waals surface area (Å²) in [5.41, 5.74) is 7.56. The van der Waals surface area contributed by atoms with Crippen LogP contribution in [-0.2, 0) is 4.74 Å². The second kappa shape index (κ2) is 8.63. The van der Waals surface area contributed by atoms with Crippen LogP contribution in [0.1, 0.15) is 47.4 Å². The Morgan fingerprint density at radius 3 is 2.37 bits per heavy atom. The van der Waals surface area contributed by atoms with E-state index in [0.717, 1.165) is 36.1 Å². The van der Waals surface area contributed by atoms with E-state index in [1.807, 2.05) is 29.2 Å². The van der Waals surface area contributed by atoms with Crippen LogP contribution in [0.5, 0.6) is 5.75 Å². The number of methoxy groups -OCH3 is 1. The van der Waals surface area contributed by atoms with Crippen LogP contribution in [0.25, 0.3) is 16.7 Å². The van der Waals surface area contributed by atoms with E-state index in [9.17, 15) is 10.1 Å². The topological polar surface area (TPSA) is 62.6 Å². The number of nitriles is 1. The number of rotatable bonds is 4. The van der Waals surface area contributed by atoms with Gasteiger partial charge in [0.2, 0.25) is 0 Å². The van der Waals surface area contributed by atoms with Crippen molar-refractivity contribution in [2.75, 3.05) is 13.7 Å². The molecule has 35 heavy (non-hydrogen) atoms. The number of benzene rings is 3. The number of hydrogen-bond acceptors (Lipinski definition) is 4. The predicted molar refractivity (Wildman–Crippen MR) is 134 cm³/mol. The summed E-state index contributed by atoms with van der Waals surface area (Å²) in [6.07, 6.45) is 4.50. The normalized spacial score (nSPS) is 20.0. The maximum Gasteiger partial charge on any atom is 0.410 e. The molecule has 2 heterocycles. The van der Waals surface area contributed by atoms with Gasteiger partial charge in [0.1, 0.15) is 12.4 Å². The van der Waals surface area contributed by atoms with Crippen LogP contribution in [0.15, 0.2) is 72.8 Å². The lowest BCUT2D eigenvalue weighted by Gasteiger charge is -2.34. The molecule has 1 amide bonds. The molecule has 3 aliphatic rings. The Labute approximate surface area is 205 Å². The Morgan fingerprint density at radius 2 is 1.71 bits per heavy atom. The van der Waals surface area contributed by atoms with Crippen LogP contribution >= 0.6 is 0 Å². The van der Waals surface area contributed by atoms with Gasteiger partial charge in [-0.3, -0.25) is 4.90 Å². The first kappa shape index (κ1) is 21.5. The summed E-state index contributed by atoms with van der Waals surface area (Å²) in [6.45, 7) is 0.331. The van der Waals surface area contributed by atoms with Gasteiger partial charge in [-0.25, -0.2) is 4.79 Å². The van der Waals surface area contributed by atoms with Crippen molar-refractivity contribution in [2.45, 2.75) is 37.3 Å². The smallest absolute Gasteiger partial charge is 0.410 e. The molecule has 2 aliphatic heterocycles. The quantitative estimate of drug-likeness (QED) is 0.467. The summed E-state index contributed by atoms with van der Waals surface area (Å²) < 4.78 is 11.5. The lowest BCUT2D eigenvalue weighted by atomic mass is 9.93. The Kier molecular flexibility index (Phi) is 5.30. The number of hydrogen-bond donors (Lipinski definition) is 0. The van der Waals surface area contributed by atoms with E-state index in [0.29, 0.717) is 12.2 Å². The molecule has 0 saturated carbocycles. The minimum absolute atomic E-state index is 0.00477. The van der Waals surface area contributed by atoms with Crippen LogP contribution < -0.4 is 4.74 Å². The third-order valence-electron chi connectivity index (χ3n) is 7.62. The summed E-state index contributed by atoms with van der Waals surface area (Å²) in [5.74, 6) is 0.808. The van der Waals surface area contributed by atoms with Gasteiger partial charge in [0.25, 0.3) is 0 Å². The largest absolute Gasteiger partial charge is 0.496 e. The van der Waals surface area contributed by atoms with E-state index in [-0.39, 0.29) is 24.1 Å². The first-order valence-electron chi connectivity index (χ1n) is 12.1. The van der Waals surface area contributed by atoms with Crippen molar-refractivity contribution in [3.8, 4) is 22.9 Å². The maximum atomic E-state index is 13.3. The van der Waals surface area contributed by atoms with Crippen molar-refractivity contribution in [1.82, 2.24) is 4.90 Å². The summed E-state index contributed by atoms with van der Waals surface area (Å²) >= 11 is 0. The second-order valence-corrected chi connectivity index (χ2v) is 9.43. The van der Waals surface area contributed by atoms with Crippen molar-refractivity contribution in [3.63, 3.8) is 0 Å². The molecular weight excluding hydrogens is 436 g/mol. The molecule has 6 rings (SSSR count). The maximum absolute atomic E-state index is 13.3. The van der Waals surface area contributed by atoms with Gasteiger partial charge in [0, 0.05) is 17.5 Å². The number of carbonyl (C=O) groups is 1. The molecule has 2 atom stereocenters. The molecule has 2 unspecified atom stereocenters. The number of fused-ring (bicyclic) bond motifs is 5. The molecule has 3 aromatic carbocycles. The average Bonchev–Trinajstić information content (AvgIpc) is 3.37. The first-order valence-corrected chi connectivity index (χ1v) is 12.1. The summed E-state index contributed by atoms with van der Waals surface area (Å²) in [7, 11) is 1.64. The predicted octanol–water partition coefficient (Wildman–Crippen LogP) is 6.14. The van der Waals surface area contributed by atoms with Gasteiger partial charge < -0.3 is 9.47 Å². The molecule has 3 aromatic rings. The Morgan fingerprint density at radius 1 is 1.00 bits per heavy atom. The molecule has 174 valence electrons. The van der Waals surface area contributed by atoms with Gasteiger partial charge in [-0.15, -0.1) is 0 Å². The zero-order chi connectivity index (χ0) is 23.9. The average molecular weight is 463 g/mol. The molecule has 0 N–H and O–H groups in total. The molecule has 1 saturated heterocycles. The van der Waals surface area contributed by atoms with E-state index in [4.69, 9.17) is 9.47 Å². The first-order chi connectivity index (χ1) is 17.2. The highest BCUT2D eigenvalue weighted by Gasteiger charge is 2.41. The van der Waals surface area contributed by atoms with Gasteiger partial charge in [-0.1, -0.05) is 54.6 Å². The Balaban J connectivity index is 1.22. The van der Waals surface area contributed by atoms with Gasteiger partial charge in [0.15, 0.2) is 0 Å². The van der Waals surface area contributed by atoms with Gasteiger partial charge in [-0.2, -0.15) is 5.26 Å². The number of amides is 1. The summed E-state index contributed by atoms with van der Waals surface area (Å²) in [5, 5.41) is 9.35. The third-order valence-corrected chi connectivity index (χ3v) is 7.62. The zero-order valence-corrected chi connectivity index (χ0v) is 19.6. The van der Waals surface area contributed by atoms with E-state index in [2.05, 4.69) is 48.5 Å². The van der Waals surface area contributed by atoms with E-state index >= 15 is 0 Å². The Bertz CT molecular complexity index is 1340. The molecule has 0 spiro atoms. The Hall–Kier alpha value is -4.04. The molecule has 1 aliphatic carbocycles. The van der Waals surface area contributed by atoms with Crippen LogP contribution in [0.2, 0.25) is 0 Å². The molecular formula is C30H26N2O3. The van der Waals surface area contributed by atoms with Gasteiger partial charge in [-0.05, 0) is 65.3 Å². The zero-order valence-electron chi connectivity index (χ0n) is 19.6. The standard InChI is InChI=1S/C30H26N2O3/c1-34-29-13-10-19(17-31)14-27(29)20-15-21-11-12-22(16-20)32(21)30(33)35-18-28-25-8-4-2-6-23(25)24-7-3-5-9-26(24)28/h2-10,13-15,21-22,28H,11-12,16,18H2,1H3. The fraction of sp³-hybridized carbons (Fsp3) is 0.267. The monoisotopic (exact) mass is 462 g/mol. The summed E-state index contributed by atoms with van der Waals surface area (Å²) in [4.78, 5) is 15.2. The minimum atomic E-state index is -0.243.